The summed E-state index contributed by atoms with van der Waals surface area (Å²) in [6.07, 6.45) is 5.98. The molecule has 4 aromatic heterocycles. The molecule has 7 aromatic rings. The molecule has 0 aliphatic carbocycles. The second-order valence-electron chi connectivity index (χ2n) is 15.8. The van der Waals surface area contributed by atoms with Crippen molar-refractivity contribution in [2.75, 3.05) is 10.6 Å². The zero-order valence-corrected chi connectivity index (χ0v) is 36.1. The Labute approximate surface area is 369 Å². The van der Waals surface area contributed by atoms with E-state index in [1.165, 1.54) is 24.3 Å². The average molecular weight is 872 g/mol. The molecule has 0 aliphatic rings. The number of rotatable bonds is 11. The van der Waals surface area contributed by atoms with Crippen LogP contribution in [0.15, 0.2) is 143 Å². The number of nitrogens with one attached hydrogen (secondary N) is 3. The quantitative estimate of drug-likeness (QED) is 0.0698. The molecule has 332 valence electrons. The number of hydrogen-bond donors (Lipinski definition) is 4. The van der Waals surface area contributed by atoms with Crippen molar-refractivity contribution in [2.24, 2.45) is 5.73 Å². The van der Waals surface area contributed by atoms with E-state index in [0.717, 1.165) is 28.4 Å². The lowest BCUT2D eigenvalue weighted by atomic mass is 9.93. The number of carbonyl (C=O) groups is 2. The van der Waals surface area contributed by atoms with E-state index in [1.807, 2.05) is 102 Å². The lowest BCUT2D eigenvalue weighted by Crippen LogP contribution is -2.28. The van der Waals surface area contributed by atoms with E-state index >= 15 is 0 Å². The minimum atomic E-state index is -0.761. The van der Waals surface area contributed by atoms with Gasteiger partial charge in [-0.25, -0.2) is 9.59 Å². The van der Waals surface area contributed by atoms with Crippen LogP contribution in [0.2, 0.25) is 0 Å². The lowest BCUT2D eigenvalue weighted by Gasteiger charge is -2.12. The minimum Gasteiger partial charge on any atom is -0.457 e. The topological polar surface area (TPSA) is 245 Å². The number of hydrogen-bond acceptors (Lipinski definition) is 14. The Hall–Kier alpha value is -8.12. The van der Waals surface area contributed by atoms with Crippen LogP contribution in [-0.4, -0.2) is 37.3 Å². The summed E-state index contributed by atoms with van der Waals surface area (Å²) in [5.41, 5.74) is 7.07. The molecule has 0 atom stereocenters. The predicted molar refractivity (Wildman–Crippen MR) is 238 cm³/mol. The van der Waals surface area contributed by atoms with Gasteiger partial charge in [-0.05, 0) is 71.8 Å². The Morgan fingerprint density at radius 3 is 1.47 bits per heavy atom. The first-order chi connectivity index (χ1) is 30.5. The Kier molecular flexibility index (Phi) is 16.2. The number of urea groups is 1. The number of nitro benzene ring substituents is 1. The second-order valence-corrected chi connectivity index (χ2v) is 15.8. The van der Waals surface area contributed by atoms with Gasteiger partial charge in [0.15, 0.2) is 11.6 Å². The van der Waals surface area contributed by atoms with Gasteiger partial charge in [0.1, 0.15) is 40.3 Å². The number of anilines is 2. The molecule has 18 nitrogen and oxygen atoms in total. The summed E-state index contributed by atoms with van der Waals surface area (Å²) in [7, 11) is 0. The van der Waals surface area contributed by atoms with Crippen LogP contribution in [0.4, 0.5) is 26.9 Å². The molecule has 3 aromatic carbocycles. The molecule has 0 radical (unpaired) electrons. The highest BCUT2D eigenvalue weighted by atomic mass is 16.6. The summed E-state index contributed by atoms with van der Waals surface area (Å²) in [6.45, 7) is 12.8. The van der Waals surface area contributed by atoms with E-state index in [9.17, 15) is 19.7 Å². The van der Waals surface area contributed by atoms with Crippen molar-refractivity contribution >= 4 is 29.4 Å². The number of non-ortho nitro benzene ring substituents is 1. The lowest BCUT2D eigenvalue weighted by molar-refractivity contribution is -0.384. The maximum absolute atomic E-state index is 12.0. The Morgan fingerprint density at radius 1 is 0.625 bits per heavy atom. The van der Waals surface area contributed by atoms with E-state index in [1.54, 1.807) is 49.1 Å². The standard InChI is InChI=1S/C20H22N4O3.C14H15N3O5.C12H12N2O/c1-20(2,3)17-12-18(24-27-17)23-19(25)22-13-14-4-6-15(7-5-14)26-16-8-10-21-11-9-16;1-14(2,3)11-8-12(16-22-11)15-13(18)21-10-6-4-9(5-7-10)17(19)20;13-9-10-1-3-11(4-2-10)15-12-5-7-14-8-6-12/h4-12H,13H2,1-3H3,(H2,22,23,24,25);4-8H,1-3H3,(H,15,16,18);1-8H,9,13H2. The van der Waals surface area contributed by atoms with Gasteiger partial charge >= 0.3 is 12.1 Å². The van der Waals surface area contributed by atoms with Crippen LogP contribution >= 0.6 is 0 Å². The molecule has 0 saturated carbocycles. The Morgan fingerprint density at radius 2 is 1.05 bits per heavy atom. The Balaban J connectivity index is 0.000000188. The van der Waals surface area contributed by atoms with Gasteiger partial charge in [-0.15, -0.1) is 0 Å². The summed E-state index contributed by atoms with van der Waals surface area (Å²) >= 11 is 0. The SMILES string of the molecule is CC(C)(C)c1cc(NC(=O)NCc2ccc(Oc3ccncc3)cc2)no1.CC(C)(C)c1cc(NC(=O)Oc2ccc([N+](=O)[O-])cc2)no1.NCc1ccc(Oc2ccncc2)cc1. The molecule has 0 spiro atoms. The molecule has 0 aliphatic heterocycles. The number of carbonyl (C=O) groups excluding carboxylic acids is 2. The van der Waals surface area contributed by atoms with Crippen LogP contribution < -0.4 is 35.9 Å². The maximum Gasteiger partial charge on any atom is 0.418 e. The molecule has 0 bridgehead atoms. The molecular formula is C46H49N9O9. The molecule has 0 unspecified atom stereocenters. The highest BCUT2D eigenvalue weighted by Crippen LogP contribution is 2.26. The third-order valence-corrected chi connectivity index (χ3v) is 8.53. The maximum atomic E-state index is 12.0. The number of pyridine rings is 2. The van der Waals surface area contributed by atoms with Crippen molar-refractivity contribution < 1.29 is 37.8 Å². The third kappa shape index (κ3) is 15.4. The summed E-state index contributed by atoms with van der Waals surface area (Å²) in [5.74, 6) is 5.16. The normalized spacial score (nSPS) is 10.8. The zero-order chi connectivity index (χ0) is 46.1. The van der Waals surface area contributed by atoms with Gasteiger partial charge in [-0.1, -0.05) is 76.1 Å². The smallest absolute Gasteiger partial charge is 0.418 e. The molecule has 7 rings (SSSR count). The molecular weight excluding hydrogens is 823 g/mol. The van der Waals surface area contributed by atoms with Gasteiger partial charge in [0.25, 0.3) is 5.69 Å². The first kappa shape index (κ1) is 46.9. The summed E-state index contributed by atoms with van der Waals surface area (Å²) in [4.78, 5) is 41.6. The van der Waals surface area contributed by atoms with E-state index in [2.05, 4.69) is 36.2 Å². The van der Waals surface area contributed by atoms with Gasteiger partial charge in [0, 0.05) is 73.0 Å². The monoisotopic (exact) mass is 871 g/mol. The van der Waals surface area contributed by atoms with Crippen LogP contribution in [-0.2, 0) is 23.9 Å². The van der Waals surface area contributed by atoms with Crippen molar-refractivity contribution in [2.45, 2.75) is 65.5 Å². The first-order valence-electron chi connectivity index (χ1n) is 19.8. The van der Waals surface area contributed by atoms with Crippen molar-refractivity contribution in [3.05, 3.63) is 167 Å². The van der Waals surface area contributed by atoms with E-state index in [-0.39, 0.29) is 34.1 Å². The largest absolute Gasteiger partial charge is 0.457 e. The number of amides is 3. The molecule has 3 amide bonds. The second kappa shape index (κ2) is 22.1. The summed E-state index contributed by atoms with van der Waals surface area (Å²) in [5, 5.41) is 26.0. The number of nitrogens with two attached hydrogens (primary N) is 1. The molecule has 0 saturated heterocycles. The van der Waals surface area contributed by atoms with Crippen LogP contribution in [0.1, 0.15) is 64.2 Å². The molecule has 64 heavy (non-hydrogen) atoms. The summed E-state index contributed by atoms with van der Waals surface area (Å²) in [6, 6.07) is 30.6. The summed E-state index contributed by atoms with van der Waals surface area (Å²) < 4.78 is 26.7. The first-order valence-corrected chi connectivity index (χ1v) is 19.8. The van der Waals surface area contributed by atoms with E-state index in [0.29, 0.717) is 36.2 Å². The average Bonchev–Trinajstić information content (AvgIpc) is 3.96. The fraction of sp³-hybridized carbons (Fsp3) is 0.217. The fourth-order valence-electron chi connectivity index (χ4n) is 5.04. The highest BCUT2D eigenvalue weighted by molar-refractivity contribution is 5.88. The Bertz CT molecular complexity index is 2540. The van der Waals surface area contributed by atoms with Gasteiger partial charge < -0.3 is 34.3 Å². The molecule has 4 heterocycles. The van der Waals surface area contributed by atoms with Crippen LogP contribution in [0, 0.1) is 10.1 Å². The number of aromatic nitrogens is 4. The van der Waals surface area contributed by atoms with E-state index < -0.39 is 11.0 Å². The fourth-order valence-corrected chi connectivity index (χ4v) is 5.04. The highest BCUT2D eigenvalue weighted by Gasteiger charge is 2.22. The van der Waals surface area contributed by atoms with Crippen LogP contribution in [0.3, 0.4) is 0 Å². The zero-order valence-electron chi connectivity index (χ0n) is 36.1. The third-order valence-electron chi connectivity index (χ3n) is 8.53. The van der Waals surface area contributed by atoms with Gasteiger partial charge in [0.2, 0.25) is 0 Å². The van der Waals surface area contributed by atoms with E-state index in [4.69, 9.17) is 29.0 Å². The van der Waals surface area contributed by atoms with Crippen molar-refractivity contribution in [3.8, 4) is 28.7 Å². The van der Waals surface area contributed by atoms with Crippen molar-refractivity contribution in [1.82, 2.24) is 25.6 Å². The van der Waals surface area contributed by atoms with Gasteiger partial charge in [0.05, 0.1) is 4.92 Å². The van der Waals surface area contributed by atoms with Gasteiger partial charge in [-0.3, -0.25) is 30.7 Å². The minimum absolute atomic E-state index is 0.0842. The van der Waals surface area contributed by atoms with Crippen LogP contribution in [0.25, 0.3) is 0 Å². The number of nitro groups is 1. The molecule has 18 heteroatoms. The molecule has 0 fully saturated rings. The number of ether oxygens (including phenoxy) is 3. The van der Waals surface area contributed by atoms with Crippen molar-refractivity contribution in [1.29, 1.82) is 0 Å². The molecule has 5 N–H and O–H groups in total. The number of nitrogens with zero attached hydrogens (tertiary/aromatic N) is 5. The predicted octanol–water partition coefficient (Wildman–Crippen LogP) is 10.3. The van der Waals surface area contributed by atoms with Crippen LogP contribution in [0.5, 0.6) is 28.7 Å². The van der Waals surface area contributed by atoms with Crippen molar-refractivity contribution in [3.63, 3.8) is 0 Å². The number of benzene rings is 3. The van der Waals surface area contributed by atoms with Gasteiger partial charge in [-0.2, -0.15) is 0 Å².